The molecule has 2 aromatic rings. The summed E-state index contributed by atoms with van der Waals surface area (Å²) in [6.45, 7) is 5.75. The van der Waals surface area contributed by atoms with Gasteiger partial charge in [-0.1, -0.05) is 19.9 Å². The third kappa shape index (κ3) is 2.71. The molecule has 0 spiro atoms. The maximum Gasteiger partial charge on any atom is 0.373 e. The molecular weight excluding hydrogens is 310 g/mol. The zero-order valence-corrected chi connectivity index (χ0v) is 12.5. The highest BCUT2D eigenvalue weighted by Gasteiger charge is 2.23. The van der Waals surface area contributed by atoms with Crippen molar-refractivity contribution in [1.29, 1.82) is 0 Å². The van der Waals surface area contributed by atoms with Crippen LogP contribution in [0.3, 0.4) is 0 Å². The maximum atomic E-state index is 11.2. The SMILES string of the molecule is Cc1ccc(-c2nc(C(C)C)c(C(=O)O)o2)c(Br)c1. The van der Waals surface area contributed by atoms with Gasteiger partial charge < -0.3 is 9.52 Å². The van der Waals surface area contributed by atoms with Crippen molar-refractivity contribution in [3.8, 4) is 11.5 Å². The molecule has 19 heavy (non-hydrogen) atoms. The van der Waals surface area contributed by atoms with E-state index in [1.165, 1.54) is 0 Å². The quantitative estimate of drug-likeness (QED) is 0.917. The monoisotopic (exact) mass is 323 g/mol. The molecule has 0 radical (unpaired) electrons. The number of hydrogen-bond acceptors (Lipinski definition) is 3. The van der Waals surface area contributed by atoms with Crippen molar-refractivity contribution in [2.24, 2.45) is 0 Å². The van der Waals surface area contributed by atoms with Gasteiger partial charge >= 0.3 is 5.97 Å². The van der Waals surface area contributed by atoms with Gasteiger partial charge in [-0.25, -0.2) is 9.78 Å². The summed E-state index contributed by atoms with van der Waals surface area (Å²) in [6.07, 6.45) is 0. The lowest BCUT2D eigenvalue weighted by Gasteiger charge is -2.00. The normalized spacial score (nSPS) is 11.0. The van der Waals surface area contributed by atoms with E-state index in [0.29, 0.717) is 11.6 Å². The first-order chi connectivity index (χ1) is 8.90. The van der Waals surface area contributed by atoms with Crippen molar-refractivity contribution in [1.82, 2.24) is 4.98 Å². The van der Waals surface area contributed by atoms with Crippen molar-refractivity contribution in [3.05, 3.63) is 39.7 Å². The molecule has 1 N–H and O–H groups in total. The van der Waals surface area contributed by atoms with Gasteiger partial charge in [-0.3, -0.25) is 0 Å². The molecule has 0 saturated carbocycles. The summed E-state index contributed by atoms with van der Waals surface area (Å²) in [4.78, 5) is 15.5. The lowest BCUT2D eigenvalue weighted by atomic mass is 10.1. The Bertz CT molecular complexity index is 632. The van der Waals surface area contributed by atoms with Crippen LogP contribution in [0.5, 0.6) is 0 Å². The van der Waals surface area contributed by atoms with Crippen molar-refractivity contribution < 1.29 is 14.3 Å². The minimum absolute atomic E-state index is 0.00664. The number of carbonyl (C=O) groups is 1. The molecule has 1 aromatic heterocycles. The number of hydrogen-bond donors (Lipinski definition) is 1. The fourth-order valence-electron chi connectivity index (χ4n) is 1.79. The number of carboxylic acid groups (broad SMARTS) is 1. The fraction of sp³-hybridized carbons (Fsp3) is 0.286. The summed E-state index contributed by atoms with van der Waals surface area (Å²) >= 11 is 3.44. The summed E-state index contributed by atoms with van der Waals surface area (Å²) in [5.41, 5.74) is 2.32. The molecule has 0 bridgehead atoms. The maximum absolute atomic E-state index is 11.2. The van der Waals surface area contributed by atoms with Gasteiger partial charge in [0, 0.05) is 4.47 Å². The molecule has 1 heterocycles. The fourth-order valence-corrected chi connectivity index (χ4v) is 2.45. The smallest absolute Gasteiger partial charge is 0.373 e. The number of halogens is 1. The zero-order chi connectivity index (χ0) is 14.2. The second kappa shape index (κ2) is 5.17. The topological polar surface area (TPSA) is 63.3 Å². The van der Waals surface area contributed by atoms with Crippen molar-refractivity contribution in [2.45, 2.75) is 26.7 Å². The first kappa shape index (κ1) is 13.8. The molecule has 5 heteroatoms. The van der Waals surface area contributed by atoms with Gasteiger partial charge in [-0.2, -0.15) is 0 Å². The second-order valence-electron chi connectivity index (χ2n) is 4.68. The van der Waals surface area contributed by atoms with Gasteiger partial charge in [0.05, 0.1) is 11.3 Å². The average molecular weight is 324 g/mol. The zero-order valence-electron chi connectivity index (χ0n) is 10.9. The number of aromatic nitrogens is 1. The largest absolute Gasteiger partial charge is 0.475 e. The molecule has 100 valence electrons. The second-order valence-corrected chi connectivity index (χ2v) is 5.53. The van der Waals surface area contributed by atoms with Crippen molar-refractivity contribution >= 4 is 21.9 Å². The third-order valence-electron chi connectivity index (χ3n) is 2.75. The van der Waals surface area contributed by atoms with Crippen LogP contribution in [-0.2, 0) is 0 Å². The van der Waals surface area contributed by atoms with E-state index in [4.69, 9.17) is 9.52 Å². The van der Waals surface area contributed by atoms with E-state index < -0.39 is 5.97 Å². The summed E-state index contributed by atoms with van der Waals surface area (Å²) in [5, 5.41) is 9.14. The lowest BCUT2D eigenvalue weighted by molar-refractivity contribution is 0.0661. The molecule has 0 aliphatic carbocycles. The predicted octanol–water partition coefficient (Wildman–Crippen LogP) is 4.23. The van der Waals surface area contributed by atoms with Crippen LogP contribution in [0.15, 0.2) is 27.1 Å². The van der Waals surface area contributed by atoms with Gasteiger partial charge in [0.2, 0.25) is 11.7 Å². The Kier molecular flexibility index (Phi) is 3.75. The molecule has 1 aromatic carbocycles. The van der Waals surface area contributed by atoms with E-state index in [1.807, 2.05) is 39.0 Å². The molecule has 0 unspecified atom stereocenters. The Labute approximate surface area is 119 Å². The van der Waals surface area contributed by atoms with Crippen molar-refractivity contribution in [2.75, 3.05) is 0 Å². The van der Waals surface area contributed by atoms with E-state index in [1.54, 1.807) is 0 Å². The number of oxazole rings is 1. The van der Waals surface area contributed by atoms with E-state index in [-0.39, 0.29) is 11.7 Å². The molecule has 0 fully saturated rings. The van der Waals surface area contributed by atoms with Crippen LogP contribution in [-0.4, -0.2) is 16.1 Å². The first-order valence-electron chi connectivity index (χ1n) is 5.90. The van der Waals surface area contributed by atoms with Gasteiger partial charge in [-0.05, 0) is 46.5 Å². The van der Waals surface area contributed by atoms with Crippen LogP contribution in [0.25, 0.3) is 11.5 Å². The molecule has 0 amide bonds. The molecule has 2 rings (SSSR count). The van der Waals surface area contributed by atoms with Gasteiger partial charge in [0.25, 0.3) is 0 Å². The van der Waals surface area contributed by atoms with Gasteiger partial charge in [0.1, 0.15) is 0 Å². The molecule has 4 nitrogen and oxygen atoms in total. The van der Waals surface area contributed by atoms with Crippen molar-refractivity contribution in [3.63, 3.8) is 0 Å². The van der Waals surface area contributed by atoms with E-state index >= 15 is 0 Å². The lowest BCUT2D eigenvalue weighted by Crippen LogP contribution is -2.01. The molecule has 0 aliphatic rings. The Morgan fingerprint density at radius 3 is 2.58 bits per heavy atom. The number of aromatic carboxylic acids is 1. The summed E-state index contributed by atoms with van der Waals surface area (Å²) in [6, 6.07) is 5.73. The Balaban J connectivity index is 2.57. The average Bonchev–Trinajstić information content (AvgIpc) is 2.73. The van der Waals surface area contributed by atoms with Gasteiger partial charge in [-0.15, -0.1) is 0 Å². The number of carboxylic acids is 1. The number of benzene rings is 1. The summed E-state index contributed by atoms with van der Waals surface area (Å²) < 4.78 is 6.24. The van der Waals surface area contributed by atoms with E-state index in [0.717, 1.165) is 15.6 Å². The van der Waals surface area contributed by atoms with Crippen LogP contribution in [0.4, 0.5) is 0 Å². The van der Waals surface area contributed by atoms with Crippen LogP contribution < -0.4 is 0 Å². The van der Waals surface area contributed by atoms with Crippen LogP contribution in [0.1, 0.15) is 41.6 Å². The molecular formula is C14H14BrNO3. The Morgan fingerprint density at radius 1 is 1.42 bits per heavy atom. The van der Waals surface area contributed by atoms with Crippen LogP contribution in [0, 0.1) is 6.92 Å². The predicted molar refractivity (Wildman–Crippen MR) is 75.4 cm³/mol. The number of aryl methyl sites for hydroxylation is 1. The molecule has 0 atom stereocenters. The van der Waals surface area contributed by atoms with Crippen LogP contribution >= 0.6 is 15.9 Å². The molecule has 0 aliphatic heterocycles. The number of rotatable bonds is 3. The Hall–Kier alpha value is -1.62. The minimum Gasteiger partial charge on any atom is -0.475 e. The third-order valence-corrected chi connectivity index (χ3v) is 3.41. The van der Waals surface area contributed by atoms with E-state index in [2.05, 4.69) is 20.9 Å². The standard InChI is InChI=1S/C14H14BrNO3/c1-7(2)11-12(14(17)18)19-13(16-11)9-5-4-8(3)6-10(9)15/h4-7H,1-3H3,(H,17,18). The minimum atomic E-state index is -1.09. The number of nitrogens with zero attached hydrogens (tertiary/aromatic N) is 1. The summed E-state index contributed by atoms with van der Waals surface area (Å²) in [7, 11) is 0. The highest BCUT2D eigenvalue weighted by Crippen LogP contribution is 2.31. The van der Waals surface area contributed by atoms with E-state index in [9.17, 15) is 4.79 Å². The molecule has 0 saturated heterocycles. The highest BCUT2D eigenvalue weighted by molar-refractivity contribution is 9.10. The van der Waals surface area contributed by atoms with Crippen LogP contribution in [0.2, 0.25) is 0 Å². The summed E-state index contributed by atoms with van der Waals surface area (Å²) in [5.74, 6) is -0.857. The van der Waals surface area contributed by atoms with Gasteiger partial charge in [0.15, 0.2) is 0 Å². The highest BCUT2D eigenvalue weighted by atomic mass is 79.9. The first-order valence-corrected chi connectivity index (χ1v) is 6.70. The Morgan fingerprint density at radius 2 is 2.11 bits per heavy atom.